The highest BCUT2D eigenvalue weighted by Gasteiger charge is 1.96. The standard InChI is InChI=1S/C12H18O2/c1-10(2)9-14-8-7-11-3-5-12(13)6-4-11/h3-6,10,13H,7-9H2,1-2H3. The number of hydrogen-bond acceptors (Lipinski definition) is 2. The van der Waals surface area contributed by atoms with Crippen LogP contribution in [0.1, 0.15) is 19.4 Å². The molecule has 1 aromatic carbocycles. The van der Waals surface area contributed by atoms with Crippen LogP contribution in [0.3, 0.4) is 0 Å². The summed E-state index contributed by atoms with van der Waals surface area (Å²) in [5, 5.41) is 9.07. The van der Waals surface area contributed by atoms with E-state index >= 15 is 0 Å². The summed E-state index contributed by atoms with van der Waals surface area (Å²) in [6.45, 7) is 5.85. The second-order valence-corrected chi connectivity index (χ2v) is 3.89. The molecule has 0 aliphatic carbocycles. The molecule has 14 heavy (non-hydrogen) atoms. The molecule has 0 spiro atoms. The zero-order valence-corrected chi connectivity index (χ0v) is 8.86. The van der Waals surface area contributed by atoms with Gasteiger partial charge < -0.3 is 9.84 Å². The number of benzene rings is 1. The number of phenolic OH excluding ortho intramolecular Hbond substituents is 1. The maximum Gasteiger partial charge on any atom is 0.115 e. The van der Waals surface area contributed by atoms with Gasteiger partial charge in [0.15, 0.2) is 0 Å². The Morgan fingerprint density at radius 2 is 1.86 bits per heavy atom. The average molecular weight is 194 g/mol. The first-order valence-electron chi connectivity index (χ1n) is 5.04. The summed E-state index contributed by atoms with van der Waals surface area (Å²) in [4.78, 5) is 0. The van der Waals surface area contributed by atoms with E-state index in [9.17, 15) is 0 Å². The first-order chi connectivity index (χ1) is 6.68. The Bertz CT molecular complexity index is 252. The SMILES string of the molecule is CC(C)COCCc1ccc(O)cc1. The van der Waals surface area contributed by atoms with E-state index in [-0.39, 0.29) is 0 Å². The van der Waals surface area contributed by atoms with Crippen molar-refractivity contribution < 1.29 is 9.84 Å². The van der Waals surface area contributed by atoms with Gasteiger partial charge in [0.25, 0.3) is 0 Å². The minimum Gasteiger partial charge on any atom is -0.508 e. The third-order valence-corrected chi connectivity index (χ3v) is 1.92. The fraction of sp³-hybridized carbons (Fsp3) is 0.500. The van der Waals surface area contributed by atoms with E-state index in [1.165, 1.54) is 5.56 Å². The highest BCUT2D eigenvalue weighted by molar-refractivity contribution is 5.25. The van der Waals surface area contributed by atoms with Crippen LogP contribution in [0.15, 0.2) is 24.3 Å². The molecule has 1 N–H and O–H groups in total. The lowest BCUT2D eigenvalue weighted by Gasteiger charge is -2.06. The minimum atomic E-state index is 0.317. The molecular weight excluding hydrogens is 176 g/mol. The predicted octanol–water partition coefficient (Wildman–Crippen LogP) is 2.61. The van der Waals surface area contributed by atoms with Crippen molar-refractivity contribution in [2.45, 2.75) is 20.3 Å². The molecule has 0 atom stereocenters. The van der Waals surface area contributed by atoms with Crippen molar-refractivity contribution in [3.05, 3.63) is 29.8 Å². The minimum absolute atomic E-state index is 0.317. The van der Waals surface area contributed by atoms with Crippen molar-refractivity contribution in [3.8, 4) is 5.75 Å². The van der Waals surface area contributed by atoms with Gasteiger partial charge in [-0.2, -0.15) is 0 Å². The van der Waals surface area contributed by atoms with Crippen molar-refractivity contribution in [1.29, 1.82) is 0 Å². The fourth-order valence-corrected chi connectivity index (χ4v) is 1.17. The Morgan fingerprint density at radius 3 is 2.43 bits per heavy atom. The lowest BCUT2D eigenvalue weighted by atomic mass is 10.1. The molecule has 2 nitrogen and oxygen atoms in total. The number of phenols is 1. The summed E-state index contributed by atoms with van der Waals surface area (Å²) in [5.41, 5.74) is 1.20. The molecular formula is C12H18O2. The van der Waals surface area contributed by atoms with Gasteiger partial charge in [0.05, 0.1) is 6.61 Å². The molecule has 78 valence electrons. The molecule has 0 saturated carbocycles. The summed E-state index contributed by atoms with van der Waals surface area (Å²) in [6.07, 6.45) is 0.910. The van der Waals surface area contributed by atoms with Gasteiger partial charge >= 0.3 is 0 Å². The van der Waals surface area contributed by atoms with E-state index in [1.807, 2.05) is 12.1 Å². The van der Waals surface area contributed by atoms with Crippen LogP contribution in [0.5, 0.6) is 5.75 Å². The monoisotopic (exact) mass is 194 g/mol. The Labute approximate surface area is 85.5 Å². The summed E-state index contributed by atoms with van der Waals surface area (Å²) in [5.74, 6) is 0.909. The number of ether oxygens (including phenoxy) is 1. The van der Waals surface area contributed by atoms with Gasteiger partial charge in [-0.15, -0.1) is 0 Å². The molecule has 1 rings (SSSR count). The molecule has 0 heterocycles. The second kappa shape index (κ2) is 5.66. The molecule has 0 radical (unpaired) electrons. The first-order valence-corrected chi connectivity index (χ1v) is 5.04. The molecule has 0 fully saturated rings. The molecule has 0 amide bonds. The van der Waals surface area contributed by atoms with Gasteiger partial charge in [-0.05, 0) is 30.0 Å². The van der Waals surface area contributed by atoms with Crippen LogP contribution in [0.25, 0.3) is 0 Å². The molecule has 0 aliphatic heterocycles. The maximum absolute atomic E-state index is 9.07. The van der Waals surface area contributed by atoms with Gasteiger partial charge in [-0.1, -0.05) is 26.0 Å². The molecule has 1 aromatic rings. The van der Waals surface area contributed by atoms with Crippen molar-refractivity contribution >= 4 is 0 Å². The van der Waals surface area contributed by atoms with Crippen molar-refractivity contribution in [2.75, 3.05) is 13.2 Å². The molecule has 0 aromatic heterocycles. The van der Waals surface area contributed by atoms with Gasteiger partial charge in [0.2, 0.25) is 0 Å². The Kier molecular flexibility index (Phi) is 4.47. The zero-order chi connectivity index (χ0) is 10.4. The quantitative estimate of drug-likeness (QED) is 0.730. The summed E-state index contributed by atoms with van der Waals surface area (Å²) >= 11 is 0. The third kappa shape index (κ3) is 4.28. The second-order valence-electron chi connectivity index (χ2n) is 3.89. The van der Waals surface area contributed by atoms with E-state index in [2.05, 4.69) is 13.8 Å². The number of rotatable bonds is 5. The molecule has 0 bridgehead atoms. The van der Waals surface area contributed by atoms with Crippen LogP contribution in [0.2, 0.25) is 0 Å². The van der Waals surface area contributed by atoms with Crippen LogP contribution in [-0.4, -0.2) is 18.3 Å². The average Bonchev–Trinajstić information content (AvgIpc) is 2.15. The predicted molar refractivity (Wildman–Crippen MR) is 57.5 cm³/mol. The van der Waals surface area contributed by atoms with Crippen molar-refractivity contribution in [1.82, 2.24) is 0 Å². The van der Waals surface area contributed by atoms with Crippen molar-refractivity contribution in [2.24, 2.45) is 5.92 Å². The van der Waals surface area contributed by atoms with E-state index < -0.39 is 0 Å². The molecule has 0 saturated heterocycles. The summed E-state index contributed by atoms with van der Waals surface area (Å²) in [6, 6.07) is 7.26. The largest absolute Gasteiger partial charge is 0.508 e. The Balaban J connectivity index is 2.21. The maximum atomic E-state index is 9.07. The van der Waals surface area contributed by atoms with Gasteiger partial charge in [-0.25, -0.2) is 0 Å². The normalized spacial score (nSPS) is 10.8. The molecule has 0 aliphatic rings. The third-order valence-electron chi connectivity index (χ3n) is 1.92. The summed E-state index contributed by atoms with van der Waals surface area (Å²) in [7, 11) is 0. The first kappa shape index (κ1) is 11.1. The fourth-order valence-electron chi connectivity index (χ4n) is 1.17. The van der Waals surface area contributed by atoms with Crippen molar-refractivity contribution in [3.63, 3.8) is 0 Å². The zero-order valence-electron chi connectivity index (χ0n) is 8.86. The van der Waals surface area contributed by atoms with E-state index in [0.29, 0.717) is 11.7 Å². The van der Waals surface area contributed by atoms with E-state index in [0.717, 1.165) is 19.6 Å². The van der Waals surface area contributed by atoms with E-state index in [4.69, 9.17) is 9.84 Å². The summed E-state index contributed by atoms with van der Waals surface area (Å²) < 4.78 is 5.47. The van der Waals surface area contributed by atoms with E-state index in [1.54, 1.807) is 12.1 Å². The number of aromatic hydroxyl groups is 1. The lowest BCUT2D eigenvalue weighted by molar-refractivity contribution is 0.112. The highest BCUT2D eigenvalue weighted by atomic mass is 16.5. The van der Waals surface area contributed by atoms with Crippen LogP contribution in [0, 0.1) is 5.92 Å². The van der Waals surface area contributed by atoms with Gasteiger partial charge in [0, 0.05) is 6.61 Å². The molecule has 0 unspecified atom stereocenters. The van der Waals surface area contributed by atoms with Gasteiger partial charge in [-0.3, -0.25) is 0 Å². The Morgan fingerprint density at radius 1 is 1.21 bits per heavy atom. The van der Waals surface area contributed by atoms with Crippen LogP contribution in [0.4, 0.5) is 0 Å². The van der Waals surface area contributed by atoms with Gasteiger partial charge in [0.1, 0.15) is 5.75 Å². The number of hydrogen-bond donors (Lipinski definition) is 1. The smallest absolute Gasteiger partial charge is 0.115 e. The highest BCUT2D eigenvalue weighted by Crippen LogP contribution is 2.10. The van der Waals surface area contributed by atoms with Crippen LogP contribution >= 0.6 is 0 Å². The molecule has 2 heteroatoms. The topological polar surface area (TPSA) is 29.5 Å². The van der Waals surface area contributed by atoms with Crippen LogP contribution in [-0.2, 0) is 11.2 Å². The Hall–Kier alpha value is -1.02. The van der Waals surface area contributed by atoms with Crippen LogP contribution < -0.4 is 0 Å². The lowest BCUT2D eigenvalue weighted by Crippen LogP contribution is -2.04.